The SMILES string of the molecule is Cc1nn(C)cc1C(=O)N1CCO[C@@H](c2cccc(N(C)C)n2)C1. The molecule has 1 fully saturated rings. The quantitative estimate of drug-likeness (QED) is 0.852. The lowest BCUT2D eigenvalue weighted by Crippen LogP contribution is -2.42. The molecule has 7 heteroatoms. The first kappa shape index (κ1) is 16.4. The Morgan fingerprint density at radius 3 is 2.83 bits per heavy atom. The van der Waals surface area contributed by atoms with Crippen molar-refractivity contribution in [3.05, 3.63) is 41.3 Å². The highest BCUT2D eigenvalue weighted by atomic mass is 16.5. The number of hydrogen-bond donors (Lipinski definition) is 0. The van der Waals surface area contributed by atoms with E-state index in [1.165, 1.54) is 0 Å². The molecule has 2 aromatic rings. The maximum absolute atomic E-state index is 12.8. The molecule has 0 N–H and O–H groups in total. The van der Waals surface area contributed by atoms with Crippen LogP contribution >= 0.6 is 0 Å². The summed E-state index contributed by atoms with van der Waals surface area (Å²) >= 11 is 0. The van der Waals surface area contributed by atoms with E-state index in [0.717, 1.165) is 17.2 Å². The van der Waals surface area contributed by atoms with E-state index < -0.39 is 0 Å². The molecule has 0 aromatic carbocycles. The van der Waals surface area contributed by atoms with Crippen LogP contribution in [0.3, 0.4) is 0 Å². The van der Waals surface area contributed by atoms with Crippen molar-refractivity contribution in [1.29, 1.82) is 0 Å². The van der Waals surface area contributed by atoms with Crippen LogP contribution in [0, 0.1) is 6.92 Å². The predicted octanol–water partition coefficient (Wildman–Crippen LogP) is 1.40. The number of aromatic nitrogens is 3. The highest BCUT2D eigenvalue weighted by Crippen LogP contribution is 2.24. The third kappa shape index (κ3) is 3.26. The van der Waals surface area contributed by atoms with Crippen molar-refractivity contribution >= 4 is 11.7 Å². The first-order valence-corrected chi connectivity index (χ1v) is 8.01. The molecule has 7 nitrogen and oxygen atoms in total. The van der Waals surface area contributed by atoms with E-state index in [4.69, 9.17) is 4.74 Å². The van der Waals surface area contributed by atoms with Crippen LogP contribution in [0.15, 0.2) is 24.4 Å². The van der Waals surface area contributed by atoms with Gasteiger partial charge >= 0.3 is 0 Å². The number of amides is 1. The summed E-state index contributed by atoms with van der Waals surface area (Å²) in [4.78, 5) is 21.2. The van der Waals surface area contributed by atoms with Crippen LogP contribution < -0.4 is 4.90 Å². The first-order chi connectivity index (χ1) is 11.5. The molecule has 2 aromatic heterocycles. The maximum atomic E-state index is 12.8. The summed E-state index contributed by atoms with van der Waals surface area (Å²) < 4.78 is 7.52. The molecule has 0 aliphatic carbocycles. The fraction of sp³-hybridized carbons (Fsp3) is 0.471. The van der Waals surface area contributed by atoms with Gasteiger partial charge in [0.25, 0.3) is 5.91 Å². The number of morpholine rings is 1. The summed E-state index contributed by atoms with van der Waals surface area (Å²) in [6.45, 7) is 3.44. The second-order valence-corrected chi connectivity index (χ2v) is 6.23. The first-order valence-electron chi connectivity index (χ1n) is 8.01. The van der Waals surface area contributed by atoms with Gasteiger partial charge in [-0.2, -0.15) is 5.10 Å². The minimum Gasteiger partial charge on any atom is -0.368 e. The molecular formula is C17H23N5O2. The topological polar surface area (TPSA) is 63.5 Å². The summed E-state index contributed by atoms with van der Waals surface area (Å²) in [5, 5.41) is 4.26. The Kier molecular flexibility index (Phi) is 4.53. The normalized spacial score (nSPS) is 17.8. The number of ether oxygens (including phenoxy) is 1. The second-order valence-electron chi connectivity index (χ2n) is 6.23. The van der Waals surface area contributed by atoms with Crippen molar-refractivity contribution in [3.8, 4) is 0 Å². The molecule has 128 valence electrons. The Labute approximate surface area is 141 Å². The average Bonchev–Trinajstić information content (AvgIpc) is 2.92. The van der Waals surface area contributed by atoms with E-state index in [-0.39, 0.29) is 12.0 Å². The van der Waals surface area contributed by atoms with Gasteiger partial charge in [-0.3, -0.25) is 9.48 Å². The van der Waals surface area contributed by atoms with Crippen LogP contribution in [-0.4, -0.2) is 59.4 Å². The molecule has 1 atom stereocenters. The van der Waals surface area contributed by atoms with Gasteiger partial charge in [0, 0.05) is 33.9 Å². The lowest BCUT2D eigenvalue weighted by Gasteiger charge is -2.32. The molecule has 1 aliphatic rings. The number of carbonyl (C=O) groups excluding carboxylic acids is 1. The van der Waals surface area contributed by atoms with Crippen molar-refractivity contribution < 1.29 is 9.53 Å². The molecule has 3 rings (SSSR count). The summed E-state index contributed by atoms with van der Waals surface area (Å²) in [5.41, 5.74) is 2.24. The van der Waals surface area contributed by atoms with Gasteiger partial charge in [0.15, 0.2) is 0 Å². The van der Waals surface area contributed by atoms with Crippen molar-refractivity contribution in [3.63, 3.8) is 0 Å². The molecule has 1 aliphatic heterocycles. The predicted molar refractivity (Wildman–Crippen MR) is 91.1 cm³/mol. The maximum Gasteiger partial charge on any atom is 0.257 e. The molecule has 0 unspecified atom stereocenters. The highest BCUT2D eigenvalue weighted by Gasteiger charge is 2.28. The monoisotopic (exact) mass is 329 g/mol. The van der Waals surface area contributed by atoms with E-state index in [1.54, 1.807) is 10.9 Å². The zero-order valence-corrected chi connectivity index (χ0v) is 14.6. The van der Waals surface area contributed by atoms with E-state index >= 15 is 0 Å². The average molecular weight is 329 g/mol. The number of rotatable bonds is 3. The van der Waals surface area contributed by atoms with E-state index in [9.17, 15) is 4.79 Å². The second kappa shape index (κ2) is 6.60. The third-order valence-electron chi connectivity index (χ3n) is 4.14. The van der Waals surface area contributed by atoms with Gasteiger partial charge in [-0.25, -0.2) is 4.98 Å². The summed E-state index contributed by atoms with van der Waals surface area (Å²) in [6.07, 6.45) is 1.56. The Morgan fingerprint density at radius 2 is 2.17 bits per heavy atom. The molecule has 3 heterocycles. The zero-order valence-electron chi connectivity index (χ0n) is 14.6. The molecule has 1 saturated heterocycles. The van der Waals surface area contributed by atoms with Crippen molar-refractivity contribution in [2.24, 2.45) is 7.05 Å². The largest absolute Gasteiger partial charge is 0.368 e. The number of anilines is 1. The van der Waals surface area contributed by atoms with Gasteiger partial charge in [0.2, 0.25) is 0 Å². The van der Waals surface area contributed by atoms with Gasteiger partial charge < -0.3 is 14.5 Å². The number of aryl methyl sites for hydroxylation is 2. The zero-order chi connectivity index (χ0) is 17.3. The van der Waals surface area contributed by atoms with Gasteiger partial charge in [-0.15, -0.1) is 0 Å². The number of hydrogen-bond acceptors (Lipinski definition) is 5. The number of pyridine rings is 1. The minimum absolute atomic E-state index is 0.00216. The number of nitrogens with zero attached hydrogens (tertiary/aromatic N) is 5. The Morgan fingerprint density at radius 1 is 1.38 bits per heavy atom. The standard InChI is InChI=1S/C17H23N5O2/c1-12-13(10-21(4)19-12)17(23)22-8-9-24-15(11-22)14-6-5-7-16(18-14)20(2)3/h5-7,10,15H,8-9,11H2,1-4H3/t15-/m1/s1. The van der Waals surface area contributed by atoms with Crippen LogP contribution in [0.5, 0.6) is 0 Å². The van der Waals surface area contributed by atoms with Crippen molar-refractivity contribution in [1.82, 2.24) is 19.7 Å². The van der Waals surface area contributed by atoms with Gasteiger partial charge in [0.05, 0.1) is 30.1 Å². The lowest BCUT2D eigenvalue weighted by molar-refractivity contribution is -0.0247. The molecule has 0 bridgehead atoms. The number of carbonyl (C=O) groups is 1. The fourth-order valence-corrected chi connectivity index (χ4v) is 2.86. The van der Waals surface area contributed by atoms with E-state index in [1.807, 2.05) is 56.1 Å². The van der Waals surface area contributed by atoms with Gasteiger partial charge in [0.1, 0.15) is 11.9 Å². The fourth-order valence-electron chi connectivity index (χ4n) is 2.86. The van der Waals surface area contributed by atoms with Gasteiger partial charge in [-0.1, -0.05) is 6.07 Å². The summed E-state index contributed by atoms with van der Waals surface area (Å²) in [7, 11) is 5.73. The molecule has 1 amide bonds. The summed E-state index contributed by atoms with van der Waals surface area (Å²) in [5.74, 6) is 0.875. The Bertz CT molecular complexity index is 740. The van der Waals surface area contributed by atoms with Crippen molar-refractivity contribution in [2.75, 3.05) is 38.7 Å². The lowest BCUT2D eigenvalue weighted by atomic mass is 10.1. The Hall–Kier alpha value is -2.41. The van der Waals surface area contributed by atoms with Crippen LogP contribution in [0.1, 0.15) is 27.8 Å². The molecule has 0 radical (unpaired) electrons. The van der Waals surface area contributed by atoms with Crippen LogP contribution in [0.4, 0.5) is 5.82 Å². The van der Waals surface area contributed by atoms with Gasteiger partial charge in [-0.05, 0) is 19.1 Å². The third-order valence-corrected chi connectivity index (χ3v) is 4.14. The molecule has 0 spiro atoms. The van der Waals surface area contributed by atoms with E-state index in [0.29, 0.717) is 25.3 Å². The summed E-state index contributed by atoms with van der Waals surface area (Å²) in [6, 6.07) is 5.86. The van der Waals surface area contributed by atoms with Crippen LogP contribution in [0.2, 0.25) is 0 Å². The Balaban J connectivity index is 1.78. The molecular weight excluding hydrogens is 306 g/mol. The highest BCUT2D eigenvalue weighted by molar-refractivity contribution is 5.95. The smallest absolute Gasteiger partial charge is 0.257 e. The van der Waals surface area contributed by atoms with Crippen molar-refractivity contribution in [2.45, 2.75) is 13.0 Å². The molecule has 0 saturated carbocycles. The van der Waals surface area contributed by atoms with E-state index in [2.05, 4.69) is 10.1 Å². The minimum atomic E-state index is -0.209. The van der Waals surface area contributed by atoms with Crippen LogP contribution in [-0.2, 0) is 11.8 Å². The molecule has 24 heavy (non-hydrogen) atoms. The van der Waals surface area contributed by atoms with Crippen LogP contribution in [0.25, 0.3) is 0 Å².